The van der Waals surface area contributed by atoms with Gasteiger partial charge in [-0.3, -0.25) is 0 Å². The Morgan fingerprint density at radius 3 is 2.85 bits per heavy atom. The third kappa shape index (κ3) is 1.89. The number of aliphatic carboxylic acids is 1. The second kappa shape index (κ2) is 3.89. The average Bonchev–Trinajstić information content (AvgIpc) is 2.56. The number of thiophene rings is 1. The van der Waals surface area contributed by atoms with Gasteiger partial charge in [-0.05, 0) is 25.3 Å². The van der Waals surface area contributed by atoms with Gasteiger partial charge in [0.2, 0.25) is 0 Å². The largest absolute Gasteiger partial charge is 0.479 e. The van der Waals surface area contributed by atoms with Gasteiger partial charge >= 0.3 is 5.97 Å². The molecule has 4 heteroatoms. The average molecular weight is 200 g/mol. The van der Waals surface area contributed by atoms with Crippen LogP contribution in [0.3, 0.4) is 0 Å². The fourth-order valence-corrected chi connectivity index (χ4v) is 1.91. The summed E-state index contributed by atoms with van der Waals surface area (Å²) < 4.78 is 5.25. The molecular formula is C9H12O3S. The van der Waals surface area contributed by atoms with Crippen LogP contribution < -0.4 is 0 Å². The van der Waals surface area contributed by atoms with E-state index in [4.69, 9.17) is 9.84 Å². The van der Waals surface area contributed by atoms with Gasteiger partial charge < -0.3 is 9.84 Å². The molecule has 1 heterocycles. The fraction of sp³-hybridized carbons (Fsp3) is 0.444. The molecule has 3 nitrogen and oxygen atoms in total. The second-order valence-electron chi connectivity index (χ2n) is 2.75. The maximum Gasteiger partial charge on any atom is 0.341 e. The monoisotopic (exact) mass is 200 g/mol. The minimum atomic E-state index is -1.19. The summed E-state index contributed by atoms with van der Waals surface area (Å²) in [5.74, 6) is -0.947. The molecule has 0 aliphatic rings. The molecule has 0 bridgehead atoms. The highest BCUT2D eigenvalue weighted by Gasteiger charge is 2.36. The predicted molar refractivity (Wildman–Crippen MR) is 50.9 cm³/mol. The van der Waals surface area contributed by atoms with Crippen LogP contribution in [0.4, 0.5) is 0 Å². The minimum absolute atomic E-state index is 0.390. The quantitative estimate of drug-likeness (QED) is 0.809. The number of rotatable bonds is 4. The Bertz CT molecular complexity index is 281. The van der Waals surface area contributed by atoms with E-state index in [1.807, 2.05) is 11.4 Å². The fourth-order valence-electron chi connectivity index (χ4n) is 1.08. The molecule has 1 N–H and O–H groups in total. The van der Waals surface area contributed by atoms with E-state index in [0.717, 1.165) is 4.88 Å². The zero-order chi connectivity index (χ0) is 9.90. The zero-order valence-electron chi connectivity index (χ0n) is 7.61. The molecule has 0 aromatic carbocycles. The topological polar surface area (TPSA) is 46.5 Å². The van der Waals surface area contributed by atoms with Crippen molar-refractivity contribution in [1.29, 1.82) is 0 Å². The lowest BCUT2D eigenvalue weighted by Gasteiger charge is -2.22. The lowest BCUT2D eigenvalue weighted by Crippen LogP contribution is -2.34. The van der Waals surface area contributed by atoms with Crippen molar-refractivity contribution in [3.05, 3.63) is 22.4 Å². The number of ether oxygens (including phenoxy) is 1. The molecule has 1 aromatic heterocycles. The first kappa shape index (κ1) is 10.2. The summed E-state index contributed by atoms with van der Waals surface area (Å²) in [7, 11) is 0. The molecule has 1 unspecified atom stereocenters. The lowest BCUT2D eigenvalue weighted by atomic mass is 10.1. The predicted octanol–water partition coefficient (Wildman–Crippen LogP) is 2.08. The maximum absolute atomic E-state index is 11.0. The Hall–Kier alpha value is -0.870. The SMILES string of the molecule is CCOC(C)(C(=O)O)c1cccs1. The highest BCUT2D eigenvalue weighted by Crippen LogP contribution is 2.29. The molecule has 0 saturated heterocycles. The van der Waals surface area contributed by atoms with Crippen LogP contribution in [0.25, 0.3) is 0 Å². The van der Waals surface area contributed by atoms with E-state index in [2.05, 4.69) is 0 Å². The van der Waals surface area contributed by atoms with Gasteiger partial charge in [0.15, 0.2) is 5.60 Å². The Balaban J connectivity index is 2.98. The third-order valence-corrected chi connectivity index (χ3v) is 2.91. The molecule has 1 rings (SSSR count). The van der Waals surface area contributed by atoms with Gasteiger partial charge in [-0.15, -0.1) is 11.3 Å². The Morgan fingerprint density at radius 2 is 2.46 bits per heavy atom. The van der Waals surface area contributed by atoms with Crippen molar-refractivity contribution in [3.8, 4) is 0 Å². The molecular weight excluding hydrogens is 188 g/mol. The molecule has 13 heavy (non-hydrogen) atoms. The van der Waals surface area contributed by atoms with E-state index in [-0.39, 0.29) is 0 Å². The highest BCUT2D eigenvalue weighted by atomic mass is 32.1. The number of carbonyl (C=O) groups is 1. The van der Waals surface area contributed by atoms with Crippen molar-refractivity contribution >= 4 is 17.3 Å². The summed E-state index contributed by atoms with van der Waals surface area (Å²) in [6.45, 7) is 3.75. The normalized spacial score (nSPS) is 15.2. The van der Waals surface area contributed by atoms with Crippen LogP contribution in [-0.2, 0) is 15.1 Å². The Kier molecular flexibility index (Phi) is 3.06. The molecule has 0 aliphatic carbocycles. The molecule has 72 valence electrons. The molecule has 0 aliphatic heterocycles. The van der Waals surface area contributed by atoms with Gasteiger partial charge in [-0.25, -0.2) is 4.79 Å². The molecule has 0 saturated carbocycles. The standard InChI is InChI=1S/C9H12O3S/c1-3-12-9(2,8(10)11)7-5-4-6-13-7/h4-6H,3H2,1-2H3,(H,10,11). The number of hydrogen-bond acceptors (Lipinski definition) is 3. The Morgan fingerprint density at radius 1 is 1.77 bits per heavy atom. The summed E-state index contributed by atoms with van der Waals surface area (Å²) in [5, 5.41) is 10.9. The van der Waals surface area contributed by atoms with Crippen molar-refractivity contribution in [1.82, 2.24) is 0 Å². The third-order valence-electron chi connectivity index (χ3n) is 1.83. The van der Waals surface area contributed by atoms with Gasteiger partial charge in [0.1, 0.15) is 0 Å². The lowest BCUT2D eigenvalue weighted by molar-refractivity contribution is -0.164. The molecule has 0 amide bonds. The number of carboxylic acids is 1. The maximum atomic E-state index is 11.0. The molecule has 0 fully saturated rings. The van der Waals surface area contributed by atoms with Crippen molar-refractivity contribution < 1.29 is 14.6 Å². The van der Waals surface area contributed by atoms with Crippen molar-refractivity contribution in [2.24, 2.45) is 0 Å². The van der Waals surface area contributed by atoms with Crippen molar-refractivity contribution in [3.63, 3.8) is 0 Å². The molecule has 1 atom stereocenters. The van der Waals surface area contributed by atoms with E-state index >= 15 is 0 Å². The van der Waals surface area contributed by atoms with Crippen LogP contribution in [0.15, 0.2) is 17.5 Å². The summed E-state index contributed by atoms with van der Waals surface area (Å²) >= 11 is 1.39. The van der Waals surface area contributed by atoms with Crippen LogP contribution in [0.2, 0.25) is 0 Å². The first-order valence-electron chi connectivity index (χ1n) is 4.02. The van der Waals surface area contributed by atoms with Gasteiger partial charge in [-0.2, -0.15) is 0 Å². The van der Waals surface area contributed by atoms with Crippen molar-refractivity contribution in [2.75, 3.05) is 6.61 Å². The van der Waals surface area contributed by atoms with Crippen LogP contribution in [0.5, 0.6) is 0 Å². The number of hydrogen-bond donors (Lipinski definition) is 1. The van der Waals surface area contributed by atoms with Gasteiger partial charge in [0.05, 0.1) is 0 Å². The summed E-state index contributed by atoms with van der Waals surface area (Å²) in [5.41, 5.74) is -1.19. The molecule has 0 spiro atoms. The van der Waals surface area contributed by atoms with Crippen LogP contribution in [0, 0.1) is 0 Å². The first-order chi connectivity index (χ1) is 6.11. The van der Waals surface area contributed by atoms with E-state index in [0.29, 0.717) is 6.61 Å². The Labute approximate surface area is 81.0 Å². The van der Waals surface area contributed by atoms with E-state index in [1.54, 1.807) is 19.9 Å². The first-order valence-corrected chi connectivity index (χ1v) is 4.90. The van der Waals surface area contributed by atoms with E-state index in [9.17, 15) is 4.79 Å². The summed E-state index contributed by atoms with van der Waals surface area (Å²) in [6, 6.07) is 3.59. The molecule has 1 aromatic rings. The van der Waals surface area contributed by atoms with Gasteiger partial charge in [0, 0.05) is 11.5 Å². The number of carboxylic acid groups (broad SMARTS) is 1. The van der Waals surface area contributed by atoms with Gasteiger partial charge in [0.25, 0.3) is 0 Å². The van der Waals surface area contributed by atoms with Gasteiger partial charge in [-0.1, -0.05) is 6.07 Å². The van der Waals surface area contributed by atoms with Crippen LogP contribution in [0.1, 0.15) is 18.7 Å². The van der Waals surface area contributed by atoms with Crippen LogP contribution in [-0.4, -0.2) is 17.7 Å². The van der Waals surface area contributed by atoms with Crippen molar-refractivity contribution in [2.45, 2.75) is 19.4 Å². The molecule has 0 radical (unpaired) electrons. The van der Waals surface area contributed by atoms with E-state index in [1.165, 1.54) is 11.3 Å². The zero-order valence-corrected chi connectivity index (χ0v) is 8.43. The second-order valence-corrected chi connectivity index (χ2v) is 3.70. The summed E-state index contributed by atoms with van der Waals surface area (Å²) in [4.78, 5) is 11.7. The summed E-state index contributed by atoms with van der Waals surface area (Å²) in [6.07, 6.45) is 0. The van der Waals surface area contributed by atoms with E-state index < -0.39 is 11.6 Å². The highest BCUT2D eigenvalue weighted by molar-refractivity contribution is 7.10. The minimum Gasteiger partial charge on any atom is -0.479 e. The smallest absolute Gasteiger partial charge is 0.341 e. The van der Waals surface area contributed by atoms with Crippen LogP contribution >= 0.6 is 11.3 Å².